The molecule has 148 valence electrons. The number of amides is 1. The monoisotopic (exact) mass is 381 g/mol. The van der Waals surface area contributed by atoms with Crippen molar-refractivity contribution >= 4 is 5.91 Å². The lowest BCUT2D eigenvalue weighted by molar-refractivity contribution is -0.921. The highest BCUT2D eigenvalue weighted by atomic mass is 16.5. The van der Waals surface area contributed by atoms with E-state index in [1.807, 2.05) is 17.0 Å². The molecule has 2 aliphatic rings. The predicted molar refractivity (Wildman–Crippen MR) is 108 cm³/mol. The third-order valence-electron chi connectivity index (χ3n) is 5.91. The second-order valence-electron chi connectivity index (χ2n) is 7.94. The van der Waals surface area contributed by atoms with Crippen LogP contribution in [0.5, 0.6) is 0 Å². The standard InChI is InChI=1S/C23H29N3O2/c27-23(22-8-6-21(7-9-22)19-25-14-16-28-17-15-25)26-12-10-24(11-13-26)18-20-4-2-1-3-5-20/h1-9H,10-19H2/p+2. The fraction of sp³-hybridized carbons (Fsp3) is 0.435. The zero-order valence-corrected chi connectivity index (χ0v) is 16.5. The summed E-state index contributed by atoms with van der Waals surface area (Å²) in [6.07, 6.45) is 0. The van der Waals surface area contributed by atoms with Crippen LogP contribution in [0.4, 0.5) is 0 Å². The predicted octanol–water partition coefficient (Wildman–Crippen LogP) is -0.357. The van der Waals surface area contributed by atoms with Crippen LogP contribution < -0.4 is 9.80 Å². The van der Waals surface area contributed by atoms with Crippen molar-refractivity contribution in [3.8, 4) is 0 Å². The van der Waals surface area contributed by atoms with Gasteiger partial charge in [0.1, 0.15) is 26.2 Å². The normalized spacial score (nSPS) is 18.9. The molecule has 1 amide bonds. The van der Waals surface area contributed by atoms with Gasteiger partial charge < -0.3 is 19.4 Å². The molecule has 0 unspecified atom stereocenters. The number of benzene rings is 2. The summed E-state index contributed by atoms with van der Waals surface area (Å²) in [6.45, 7) is 9.58. The quantitative estimate of drug-likeness (QED) is 0.743. The van der Waals surface area contributed by atoms with Crippen molar-refractivity contribution in [2.24, 2.45) is 0 Å². The summed E-state index contributed by atoms with van der Waals surface area (Å²) in [4.78, 5) is 18.0. The lowest BCUT2D eigenvalue weighted by Gasteiger charge is -2.32. The van der Waals surface area contributed by atoms with Crippen LogP contribution in [0.1, 0.15) is 21.5 Å². The molecule has 28 heavy (non-hydrogen) atoms. The summed E-state index contributed by atoms with van der Waals surface area (Å²) in [6, 6.07) is 18.9. The first-order valence-electron chi connectivity index (χ1n) is 10.4. The lowest BCUT2D eigenvalue weighted by atomic mass is 10.1. The van der Waals surface area contributed by atoms with Crippen LogP contribution in [0.3, 0.4) is 0 Å². The minimum absolute atomic E-state index is 0.170. The van der Waals surface area contributed by atoms with Gasteiger partial charge in [-0.1, -0.05) is 42.5 Å². The molecule has 0 saturated carbocycles. The number of hydrogen-bond donors (Lipinski definition) is 2. The minimum atomic E-state index is 0.170. The molecule has 0 aliphatic carbocycles. The summed E-state index contributed by atoms with van der Waals surface area (Å²) >= 11 is 0. The number of piperazine rings is 1. The van der Waals surface area contributed by atoms with E-state index in [0.717, 1.165) is 71.1 Å². The van der Waals surface area contributed by atoms with Crippen LogP contribution >= 0.6 is 0 Å². The van der Waals surface area contributed by atoms with E-state index >= 15 is 0 Å². The van der Waals surface area contributed by atoms with E-state index in [2.05, 4.69) is 42.5 Å². The van der Waals surface area contributed by atoms with Gasteiger partial charge in [0.05, 0.1) is 39.4 Å². The molecule has 2 saturated heterocycles. The number of carbonyl (C=O) groups excluding carboxylic acids is 1. The Bertz CT molecular complexity index is 749. The van der Waals surface area contributed by atoms with E-state index in [4.69, 9.17) is 4.74 Å². The van der Waals surface area contributed by atoms with Gasteiger partial charge in [0, 0.05) is 16.7 Å². The molecule has 5 nitrogen and oxygen atoms in total. The van der Waals surface area contributed by atoms with Crippen molar-refractivity contribution in [1.29, 1.82) is 0 Å². The van der Waals surface area contributed by atoms with Crippen LogP contribution in [0.25, 0.3) is 0 Å². The molecule has 2 aromatic rings. The van der Waals surface area contributed by atoms with Gasteiger partial charge >= 0.3 is 0 Å². The van der Waals surface area contributed by atoms with Crippen molar-refractivity contribution in [2.45, 2.75) is 13.1 Å². The largest absolute Gasteiger partial charge is 0.370 e. The number of carbonyl (C=O) groups is 1. The van der Waals surface area contributed by atoms with Crippen molar-refractivity contribution in [3.63, 3.8) is 0 Å². The molecule has 5 heteroatoms. The van der Waals surface area contributed by atoms with Gasteiger partial charge in [0.2, 0.25) is 0 Å². The number of nitrogens with one attached hydrogen (secondary N) is 2. The Morgan fingerprint density at radius 2 is 1.36 bits per heavy atom. The molecule has 0 radical (unpaired) electrons. The number of morpholine rings is 1. The van der Waals surface area contributed by atoms with E-state index in [1.54, 1.807) is 9.80 Å². The van der Waals surface area contributed by atoms with Crippen molar-refractivity contribution in [1.82, 2.24) is 4.90 Å². The Labute approximate surface area is 167 Å². The average molecular weight is 382 g/mol. The first kappa shape index (κ1) is 19.1. The molecule has 4 rings (SSSR count). The Kier molecular flexibility index (Phi) is 6.37. The second kappa shape index (κ2) is 9.32. The maximum Gasteiger partial charge on any atom is 0.254 e. The van der Waals surface area contributed by atoms with E-state index in [9.17, 15) is 4.79 Å². The van der Waals surface area contributed by atoms with Crippen molar-refractivity contribution < 1.29 is 19.3 Å². The first-order valence-corrected chi connectivity index (χ1v) is 10.4. The van der Waals surface area contributed by atoms with Gasteiger partial charge in [-0.15, -0.1) is 0 Å². The average Bonchev–Trinajstić information content (AvgIpc) is 2.76. The van der Waals surface area contributed by atoms with Crippen LogP contribution in [-0.2, 0) is 17.8 Å². The third kappa shape index (κ3) is 4.98. The smallest absolute Gasteiger partial charge is 0.254 e. The maximum atomic E-state index is 12.9. The van der Waals surface area contributed by atoms with Crippen molar-refractivity contribution in [2.75, 3.05) is 52.5 Å². The molecular weight excluding hydrogens is 350 g/mol. The number of ether oxygens (including phenoxy) is 1. The summed E-state index contributed by atoms with van der Waals surface area (Å²) < 4.78 is 5.42. The van der Waals surface area contributed by atoms with E-state index in [0.29, 0.717) is 0 Å². The van der Waals surface area contributed by atoms with Crippen LogP contribution in [0.15, 0.2) is 54.6 Å². The molecule has 0 atom stereocenters. The molecule has 0 spiro atoms. The number of quaternary nitrogens is 2. The van der Waals surface area contributed by atoms with Gasteiger partial charge in [-0.3, -0.25) is 4.79 Å². The summed E-state index contributed by atoms with van der Waals surface area (Å²) in [7, 11) is 0. The maximum absolute atomic E-state index is 12.9. The molecule has 2 heterocycles. The fourth-order valence-electron chi connectivity index (χ4n) is 4.16. The zero-order valence-electron chi connectivity index (χ0n) is 16.5. The number of rotatable bonds is 5. The molecule has 2 aromatic carbocycles. The SMILES string of the molecule is O=C(c1ccc(C[NH+]2CCOCC2)cc1)N1CC[NH+](Cc2ccccc2)CC1. The summed E-state index contributed by atoms with van der Waals surface area (Å²) in [5, 5.41) is 0. The minimum Gasteiger partial charge on any atom is -0.370 e. The summed E-state index contributed by atoms with van der Waals surface area (Å²) in [5.41, 5.74) is 3.48. The Morgan fingerprint density at radius 3 is 2.00 bits per heavy atom. The summed E-state index contributed by atoms with van der Waals surface area (Å²) in [5.74, 6) is 0.170. The highest BCUT2D eigenvalue weighted by Crippen LogP contribution is 2.08. The molecule has 0 bridgehead atoms. The highest BCUT2D eigenvalue weighted by molar-refractivity contribution is 5.94. The van der Waals surface area contributed by atoms with Gasteiger partial charge in [-0.05, 0) is 12.1 Å². The van der Waals surface area contributed by atoms with Gasteiger partial charge in [0.15, 0.2) is 0 Å². The first-order chi connectivity index (χ1) is 13.8. The zero-order chi connectivity index (χ0) is 19.2. The molecular formula is C23H31N3O2+2. The van der Waals surface area contributed by atoms with Gasteiger partial charge in [0.25, 0.3) is 5.91 Å². The Morgan fingerprint density at radius 1 is 0.786 bits per heavy atom. The number of hydrogen-bond acceptors (Lipinski definition) is 2. The molecule has 2 fully saturated rings. The van der Waals surface area contributed by atoms with Crippen molar-refractivity contribution in [3.05, 3.63) is 71.3 Å². The van der Waals surface area contributed by atoms with Gasteiger partial charge in [-0.2, -0.15) is 0 Å². The van der Waals surface area contributed by atoms with E-state index < -0.39 is 0 Å². The van der Waals surface area contributed by atoms with Crippen LogP contribution in [0.2, 0.25) is 0 Å². The number of nitrogens with zero attached hydrogens (tertiary/aromatic N) is 1. The Hall–Kier alpha value is -2.21. The fourth-order valence-corrected chi connectivity index (χ4v) is 4.16. The lowest BCUT2D eigenvalue weighted by Crippen LogP contribution is -3.13. The van der Waals surface area contributed by atoms with E-state index in [1.165, 1.54) is 11.1 Å². The Balaban J connectivity index is 1.27. The second-order valence-corrected chi connectivity index (χ2v) is 7.94. The molecule has 2 N–H and O–H groups in total. The van der Waals surface area contributed by atoms with E-state index in [-0.39, 0.29) is 5.91 Å². The topological polar surface area (TPSA) is 38.4 Å². The molecule has 2 aliphatic heterocycles. The third-order valence-corrected chi connectivity index (χ3v) is 5.91. The highest BCUT2D eigenvalue weighted by Gasteiger charge is 2.24. The van der Waals surface area contributed by atoms with Gasteiger partial charge in [-0.25, -0.2) is 0 Å². The van der Waals surface area contributed by atoms with Crippen LogP contribution in [-0.4, -0.2) is 63.3 Å². The molecule has 0 aromatic heterocycles. The van der Waals surface area contributed by atoms with Crippen LogP contribution in [0, 0.1) is 0 Å².